The van der Waals surface area contributed by atoms with Crippen molar-refractivity contribution in [2.75, 3.05) is 26.7 Å². The van der Waals surface area contributed by atoms with Gasteiger partial charge < -0.3 is 4.74 Å². The van der Waals surface area contributed by atoms with Crippen LogP contribution in [0.2, 0.25) is 0 Å². The van der Waals surface area contributed by atoms with E-state index < -0.39 is 0 Å². The van der Waals surface area contributed by atoms with Crippen LogP contribution in [0.5, 0.6) is 0 Å². The summed E-state index contributed by atoms with van der Waals surface area (Å²) in [4.78, 5) is 2.37. The summed E-state index contributed by atoms with van der Waals surface area (Å²) in [6.45, 7) is 3.30. The zero-order valence-corrected chi connectivity index (χ0v) is 7.05. The van der Waals surface area contributed by atoms with Gasteiger partial charge in [-0.25, -0.2) is 0 Å². The minimum Gasteiger partial charge on any atom is -0.379 e. The van der Waals surface area contributed by atoms with Crippen molar-refractivity contribution < 1.29 is 4.74 Å². The summed E-state index contributed by atoms with van der Waals surface area (Å²) in [5, 5.41) is 0. The topological polar surface area (TPSA) is 12.5 Å². The molecule has 2 heteroatoms. The van der Waals surface area contributed by atoms with Crippen LogP contribution in [0, 0.1) is 12.3 Å². The van der Waals surface area contributed by atoms with Gasteiger partial charge in [0, 0.05) is 26.6 Å². The van der Waals surface area contributed by atoms with Crippen LogP contribution in [0.4, 0.5) is 0 Å². The monoisotopic (exact) mass is 153 g/mol. The molecule has 1 rings (SSSR count). The minimum atomic E-state index is 0.473. The average molecular weight is 153 g/mol. The van der Waals surface area contributed by atoms with Gasteiger partial charge >= 0.3 is 0 Å². The van der Waals surface area contributed by atoms with E-state index in [9.17, 15) is 0 Å². The molecule has 0 N–H and O–H groups in total. The maximum absolute atomic E-state index is 5.14. The van der Waals surface area contributed by atoms with Crippen molar-refractivity contribution in [1.82, 2.24) is 4.90 Å². The highest BCUT2D eigenvalue weighted by molar-refractivity contribution is 4.85. The molecule has 62 valence electrons. The molecule has 0 atom stereocenters. The number of likely N-dealkylation sites (tertiary alicyclic amines) is 1. The first-order valence-electron chi connectivity index (χ1n) is 4.05. The van der Waals surface area contributed by atoms with Gasteiger partial charge in [-0.1, -0.05) is 0 Å². The van der Waals surface area contributed by atoms with E-state index in [1.54, 1.807) is 7.11 Å². The van der Waals surface area contributed by atoms with Gasteiger partial charge in [0.15, 0.2) is 0 Å². The van der Waals surface area contributed by atoms with E-state index in [4.69, 9.17) is 11.2 Å². The molecule has 1 aliphatic rings. The lowest BCUT2D eigenvalue weighted by atomic mass is 10.1. The Labute approximate surface area is 68.5 Å². The molecule has 0 saturated carbocycles. The lowest BCUT2D eigenvalue weighted by Crippen LogP contribution is -2.51. The Morgan fingerprint density at radius 2 is 2.36 bits per heavy atom. The molecule has 1 heterocycles. The van der Waals surface area contributed by atoms with Crippen LogP contribution in [-0.2, 0) is 4.74 Å². The van der Waals surface area contributed by atoms with Crippen LogP contribution < -0.4 is 0 Å². The highest BCUT2D eigenvalue weighted by atomic mass is 16.5. The third kappa shape index (κ3) is 2.53. The van der Waals surface area contributed by atoms with Crippen molar-refractivity contribution in [3.63, 3.8) is 0 Å². The maximum Gasteiger partial charge on any atom is 0.0824 e. The van der Waals surface area contributed by atoms with E-state index in [1.165, 1.54) is 0 Å². The van der Waals surface area contributed by atoms with Crippen molar-refractivity contribution in [2.24, 2.45) is 0 Å². The van der Waals surface area contributed by atoms with Gasteiger partial charge in [-0.3, -0.25) is 4.90 Å². The fraction of sp³-hybridized carbons (Fsp3) is 0.778. The molecule has 0 spiro atoms. The second-order valence-corrected chi connectivity index (χ2v) is 2.92. The summed E-state index contributed by atoms with van der Waals surface area (Å²) in [6.07, 6.45) is 7.62. The Balaban J connectivity index is 1.93. The van der Waals surface area contributed by atoms with Crippen LogP contribution in [0.15, 0.2) is 0 Å². The van der Waals surface area contributed by atoms with Gasteiger partial charge in [0.2, 0.25) is 0 Å². The van der Waals surface area contributed by atoms with Crippen LogP contribution in [0.3, 0.4) is 0 Å². The lowest BCUT2D eigenvalue weighted by Gasteiger charge is -2.37. The summed E-state index contributed by atoms with van der Waals surface area (Å²) < 4.78 is 5.14. The van der Waals surface area contributed by atoms with Crippen molar-refractivity contribution in [2.45, 2.75) is 18.9 Å². The molecule has 0 aromatic heterocycles. The number of rotatable bonds is 4. The second kappa shape index (κ2) is 4.38. The van der Waals surface area contributed by atoms with Crippen LogP contribution in [-0.4, -0.2) is 37.7 Å². The molecule has 1 fully saturated rings. The van der Waals surface area contributed by atoms with Gasteiger partial charge in [-0.2, -0.15) is 0 Å². The molecule has 11 heavy (non-hydrogen) atoms. The Kier molecular flexibility index (Phi) is 3.41. The molecule has 1 saturated heterocycles. The molecular weight excluding hydrogens is 138 g/mol. The van der Waals surface area contributed by atoms with E-state index in [0.717, 1.165) is 32.5 Å². The normalized spacial score (nSPS) is 19.3. The summed E-state index contributed by atoms with van der Waals surface area (Å²) in [5.41, 5.74) is 0. The van der Waals surface area contributed by atoms with E-state index in [0.29, 0.717) is 6.10 Å². The third-order valence-electron chi connectivity index (χ3n) is 2.05. The lowest BCUT2D eigenvalue weighted by molar-refractivity contribution is -0.0292. The molecule has 0 amide bonds. The third-order valence-corrected chi connectivity index (χ3v) is 2.05. The van der Waals surface area contributed by atoms with Crippen molar-refractivity contribution >= 4 is 0 Å². The van der Waals surface area contributed by atoms with Crippen LogP contribution in [0.1, 0.15) is 12.8 Å². The molecule has 2 nitrogen and oxygen atoms in total. The van der Waals surface area contributed by atoms with Crippen LogP contribution in [0.25, 0.3) is 0 Å². The molecule has 0 unspecified atom stereocenters. The number of nitrogens with zero attached hydrogens (tertiary/aromatic N) is 1. The quantitative estimate of drug-likeness (QED) is 0.436. The number of unbranched alkanes of at least 4 members (excludes halogenated alkanes) is 1. The number of hydrogen-bond donors (Lipinski definition) is 0. The van der Waals surface area contributed by atoms with E-state index >= 15 is 0 Å². The van der Waals surface area contributed by atoms with Crippen molar-refractivity contribution in [1.29, 1.82) is 0 Å². The van der Waals surface area contributed by atoms with Crippen molar-refractivity contribution in [3.8, 4) is 12.3 Å². The fourth-order valence-electron chi connectivity index (χ4n) is 1.26. The summed E-state index contributed by atoms with van der Waals surface area (Å²) in [5.74, 6) is 2.64. The second-order valence-electron chi connectivity index (χ2n) is 2.92. The van der Waals surface area contributed by atoms with Gasteiger partial charge in [0.25, 0.3) is 0 Å². The van der Waals surface area contributed by atoms with E-state index in [1.807, 2.05) is 0 Å². The minimum absolute atomic E-state index is 0.473. The number of terminal acetylenes is 1. The Hall–Kier alpha value is -0.520. The zero-order valence-electron chi connectivity index (χ0n) is 7.05. The smallest absolute Gasteiger partial charge is 0.0824 e. The Morgan fingerprint density at radius 3 is 2.91 bits per heavy atom. The first kappa shape index (κ1) is 8.58. The van der Waals surface area contributed by atoms with Crippen LogP contribution >= 0.6 is 0 Å². The molecule has 0 bridgehead atoms. The Bertz CT molecular complexity index is 144. The fourth-order valence-corrected chi connectivity index (χ4v) is 1.26. The molecule has 1 aliphatic heterocycles. The number of methoxy groups -OCH3 is 1. The van der Waals surface area contributed by atoms with E-state index in [2.05, 4.69) is 10.8 Å². The molecule has 0 aromatic rings. The largest absolute Gasteiger partial charge is 0.379 e. The molecular formula is C9H15NO. The molecule has 0 aromatic carbocycles. The predicted molar refractivity (Wildman–Crippen MR) is 45.3 cm³/mol. The standard InChI is InChI=1S/C9H15NO/c1-3-4-5-6-10-7-9(8-10)11-2/h1,9H,4-8H2,2H3. The molecule has 0 radical (unpaired) electrons. The zero-order chi connectivity index (χ0) is 8.10. The highest BCUT2D eigenvalue weighted by Gasteiger charge is 2.24. The first-order chi connectivity index (χ1) is 5.36. The SMILES string of the molecule is C#CCCCN1CC(OC)C1. The molecule has 0 aliphatic carbocycles. The highest BCUT2D eigenvalue weighted by Crippen LogP contribution is 2.10. The van der Waals surface area contributed by atoms with Gasteiger partial charge in [-0.05, 0) is 13.0 Å². The van der Waals surface area contributed by atoms with Gasteiger partial charge in [0.1, 0.15) is 0 Å². The summed E-state index contributed by atoms with van der Waals surface area (Å²) in [6, 6.07) is 0. The van der Waals surface area contributed by atoms with Gasteiger partial charge in [0.05, 0.1) is 6.10 Å². The average Bonchev–Trinajstić information content (AvgIpc) is 1.94. The Morgan fingerprint density at radius 1 is 1.64 bits per heavy atom. The predicted octanol–water partition coefficient (Wildman–Crippen LogP) is 0.730. The van der Waals surface area contributed by atoms with Gasteiger partial charge in [-0.15, -0.1) is 12.3 Å². The maximum atomic E-state index is 5.14. The first-order valence-corrected chi connectivity index (χ1v) is 4.05. The number of ether oxygens (including phenoxy) is 1. The summed E-state index contributed by atoms with van der Waals surface area (Å²) in [7, 11) is 1.77. The van der Waals surface area contributed by atoms with Crippen molar-refractivity contribution in [3.05, 3.63) is 0 Å². The van der Waals surface area contributed by atoms with E-state index in [-0.39, 0.29) is 0 Å². The number of hydrogen-bond acceptors (Lipinski definition) is 2. The summed E-state index contributed by atoms with van der Waals surface area (Å²) >= 11 is 0.